The minimum atomic E-state index is -0.843. The van der Waals surface area contributed by atoms with Gasteiger partial charge in [-0.1, -0.05) is 35.9 Å². The minimum Gasteiger partial charge on any atom is -0.503 e. The highest BCUT2D eigenvalue weighted by Gasteiger charge is 2.44. The molecule has 0 radical (unpaired) electrons. The molecule has 0 saturated carbocycles. The molecule has 0 fully saturated rings. The molecule has 0 aliphatic carbocycles. The molecular weight excluding hydrogens is 506 g/mol. The summed E-state index contributed by atoms with van der Waals surface area (Å²) >= 11 is 6.09. The quantitative estimate of drug-likeness (QED) is 0.256. The molecule has 0 saturated heterocycles. The highest BCUT2D eigenvalue weighted by atomic mass is 35.5. The van der Waals surface area contributed by atoms with Crippen LogP contribution in [0.5, 0.6) is 11.5 Å². The van der Waals surface area contributed by atoms with Gasteiger partial charge in [0.1, 0.15) is 17.1 Å². The first-order valence-electron chi connectivity index (χ1n) is 12.1. The van der Waals surface area contributed by atoms with Crippen molar-refractivity contribution in [1.29, 1.82) is 0 Å². The van der Waals surface area contributed by atoms with Gasteiger partial charge in [0.2, 0.25) is 5.78 Å². The van der Waals surface area contributed by atoms with Crippen LogP contribution in [0.1, 0.15) is 41.6 Å². The summed E-state index contributed by atoms with van der Waals surface area (Å²) in [6, 6.07) is 20.2. The molecule has 5 rings (SSSR count). The molecule has 2 heterocycles. The molecular formula is C30H26ClNO6. The van der Waals surface area contributed by atoms with Gasteiger partial charge in [0, 0.05) is 17.0 Å². The molecule has 0 bridgehead atoms. The lowest BCUT2D eigenvalue weighted by Gasteiger charge is -2.27. The van der Waals surface area contributed by atoms with Gasteiger partial charge < -0.3 is 23.9 Å². The summed E-state index contributed by atoms with van der Waals surface area (Å²) in [6.45, 7) is 4.05. The number of aliphatic hydroxyl groups excluding tert-OH is 1. The number of nitrogens with zero attached hydrogens (tertiary/aromatic N) is 1. The summed E-state index contributed by atoms with van der Waals surface area (Å²) in [6.07, 6.45) is 0.0319. The van der Waals surface area contributed by atoms with E-state index in [0.29, 0.717) is 33.1 Å². The van der Waals surface area contributed by atoms with Crippen LogP contribution in [0.2, 0.25) is 5.02 Å². The first-order valence-corrected chi connectivity index (χ1v) is 12.5. The van der Waals surface area contributed by atoms with E-state index in [1.165, 1.54) is 4.90 Å². The van der Waals surface area contributed by atoms with E-state index in [0.717, 1.165) is 5.56 Å². The van der Waals surface area contributed by atoms with E-state index in [2.05, 4.69) is 0 Å². The summed E-state index contributed by atoms with van der Waals surface area (Å²) in [5, 5.41) is 12.1. The molecule has 38 heavy (non-hydrogen) atoms. The number of ketones is 1. The predicted octanol–water partition coefficient (Wildman–Crippen LogP) is 6.66. The van der Waals surface area contributed by atoms with Gasteiger partial charge in [0.05, 0.1) is 24.8 Å². The molecule has 8 heteroatoms. The normalized spacial score (nSPS) is 15.6. The van der Waals surface area contributed by atoms with E-state index >= 15 is 0 Å². The van der Waals surface area contributed by atoms with Crippen LogP contribution in [-0.2, 0) is 11.3 Å². The van der Waals surface area contributed by atoms with Crippen molar-refractivity contribution in [2.75, 3.05) is 7.11 Å². The Morgan fingerprint density at radius 2 is 1.71 bits per heavy atom. The number of amides is 1. The standard InChI is InChI=1S/C30H26ClNO6/c1-17(2)37-23-9-4-18(5-10-23)16-32-27(19-6-11-22(36-3)12-7-19)26(29(34)30(32)35)28(33)25-15-20-14-21(31)8-13-24(20)38-25/h4-15,17,27,34H,16H2,1-3H3. The predicted molar refractivity (Wildman–Crippen MR) is 144 cm³/mol. The molecule has 1 aliphatic rings. The highest BCUT2D eigenvalue weighted by Crippen LogP contribution is 2.41. The Morgan fingerprint density at radius 3 is 2.37 bits per heavy atom. The first kappa shape index (κ1) is 25.4. The van der Waals surface area contributed by atoms with Crippen molar-refractivity contribution in [3.63, 3.8) is 0 Å². The third-order valence-electron chi connectivity index (χ3n) is 6.33. The van der Waals surface area contributed by atoms with E-state index in [1.807, 2.05) is 38.1 Å². The van der Waals surface area contributed by atoms with Crippen molar-refractivity contribution in [2.45, 2.75) is 32.5 Å². The zero-order valence-electron chi connectivity index (χ0n) is 21.1. The molecule has 1 aromatic heterocycles. The lowest BCUT2D eigenvalue weighted by atomic mass is 9.94. The number of hydrogen-bond donors (Lipinski definition) is 1. The Bertz CT molecular complexity index is 1540. The summed E-state index contributed by atoms with van der Waals surface area (Å²) in [5.74, 6) is -0.477. The summed E-state index contributed by atoms with van der Waals surface area (Å²) in [5.41, 5.74) is 1.88. The monoisotopic (exact) mass is 531 g/mol. The molecule has 1 atom stereocenters. The Morgan fingerprint density at radius 1 is 1.03 bits per heavy atom. The second kappa shape index (κ2) is 10.3. The van der Waals surface area contributed by atoms with Gasteiger partial charge in [-0.25, -0.2) is 0 Å². The number of furan rings is 1. The number of rotatable bonds is 8. The zero-order chi connectivity index (χ0) is 27.0. The summed E-state index contributed by atoms with van der Waals surface area (Å²) < 4.78 is 16.8. The number of fused-ring (bicyclic) bond motifs is 1. The molecule has 7 nitrogen and oxygen atoms in total. The Balaban J connectivity index is 1.53. The van der Waals surface area contributed by atoms with Crippen molar-refractivity contribution >= 4 is 34.3 Å². The molecule has 194 valence electrons. The maximum atomic E-state index is 13.7. The highest BCUT2D eigenvalue weighted by molar-refractivity contribution is 6.31. The number of aliphatic hydroxyl groups is 1. The Labute approximate surface area is 224 Å². The fraction of sp³-hybridized carbons (Fsp3) is 0.200. The van der Waals surface area contributed by atoms with Crippen molar-refractivity contribution in [2.24, 2.45) is 0 Å². The van der Waals surface area contributed by atoms with Crippen molar-refractivity contribution in [3.8, 4) is 11.5 Å². The van der Waals surface area contributed by atoms with Crippen LogP contribution in [0, 0.1) is 0 Å². The van der Waals surface area contributed by atoms with Crippen LogP contribution in [0.15, 0.2) is 88.5 Å². The van der Waals surface area contributed by atoms with Crippen LogP contribution in [0.4, 0.5) is 0 Å². The third-order valence-corrected chi connectivity index (χ3v) is 6.57. The molecule has 4 aromatic rings. The minimum absolute atomic E-state index is 0.00663. The van der Waals surface area contributed by atoms with E-state index in [9.17, 15) is 14.7 Å². The number of carbonyl (C=O) groups is 2. The molecule has 1 unspecified atom stereocenters. The van der Waals surface area contributed by atoms with Crippen LogP contribution in [-0.4, -0.2) is 34.9 Å². The van der Waals surface area contributed by atoms with Gasteiger partial charge >= 0.3 is 0 Å². The van der Waals surface area contributed by atoms with Crippen LogP contribution in [0.3, 0.4) is 0 Å². The summed E-state index contributed by atoms with van der Waals surface area (Å²) in [4.78, 5) is 28.6. The van der Waals surface area contributed by atoms with Crippen molar-refractivity contribution in [1.82, 2.24) is 4.90 Å². The van der Waals surface area contributed by atoms with E-state index in [-0.39, 0.29) is 24.0 Å². The van der Waals surface area contributed by atoms with E-state index < -0.39 is 23.5 Å². The number of benzene rings is 3. The van der Waals surface area contributed by atoms with Gasteiger partial charge in [-0.3, -0.25) is 9.59 Å². The summed E-state index contributed by atoms with van der Waals surface area (Å²) in [7, 11) is 1.56. The van der Waals surface area contributed by atoms with Crippen LogP contribution in [0.25, 0.3) is 11.0 Å². The second-order valence-electron chi connectivity index (χ2n) is 9.30. The first-order chi connectivity index (χ1) is 18.2. The average Bonchev–Trinajstić information content (AvgIpc) is 3.43. The SMILES string of the molecule is COc1ccc(C2C(C(=O)c3cc4cc(Cl)ccc4o3)=C(O)C(=O)N2Cc2ccc(OC(C)C)cc2)cc1. The van der Waals surface area contributed by atoms with Crippen molar-refractivity contribution in [3.05, 3.63) is 106 Å². The number of Topliss-reactive ketones (excluding diaryl/α,β-unsaturated/α-hetero) is 1. The van der Waals surface area contributed by atoms with Crippen molar-refractivity contribution < 1.29 is 28.6 Å². The number of carbonyl (C=O) groups excluding carboxylic acids is 2. The van der Waals surface area contributed by atoms with Gasteiger partial charge in [0.15, 0.2) is 11.5 Å². The van der Waals surface area contributed by atoms with Gasteiger partial charge in [-0.2, -0.15) is 0 Å². The average molecular weight is 532 g/mol. The second-order valence-corrected chi connectivity index (χ2v) is 9.74. The number of methoxy groups -OCH3 is 1. The topological polar surface area (TPSA) is 89.2 Å². The smallest absolute Gasteiger partial charge is 0.290 e. The van der Waals surface area contributed by atoms with Crippen LogP contribution >= 0.6 is 11.6 Å². The van der Waals surface area contributed by atoms with E-state index in [4.69, 9.17) is 25.5 Å². The van der Waals surface area contributed by atoms with Gasteiger partial charge in [-0.15, -0.1) is 0 Å². The molecule has 3 aromatic carbocycles. The van der Waals surface area contributed by atoms with Crippen LogP contribution < -0.4 is 9.47 Å². The number of ether oxygens (including phenoxy) is 2. The number of hydrogen-bond acceptors (Lipinski definition) is 6. The molecule has 1 aliphatic heterocycles. The van der Waals surface area contributed by atoms with Gasteiger partial charge in [0.25, 0.3) is 5.91 Å². The Kier molecular flexibility index (Phi) is 6.87. The van der Waals surface area contributed by atoms with E-state index in [1.54, 1.807) is 55.6 Å². The lowest BCUT2D eigenvalue weighted by molar-refractivity contribution is -0.130. The maximum absolute atomic E-state index is 13.7. The largest absolute Gasteiger partial charge is 0.503 e. The molecule has 1 N–H and O–H groups in total. The molecule has 0 spiro atoms. The van der Waals surface area contributed by atoms with Gasteiger partial charge in [-0.05, 0) is 73.5 Å². The zero-order valence-corrected chi connectivity index (χ0v) is 21.9. The third kappa shape index (κ3) is 4.85. The Hall–Kier alpha value is -4.23. The lowest BCUT2D eigenvalue weighted by Crippen LogP contribution is -2.30. The fourth-order valence-electron chi connectivity index (χ4n) is 4.58. The molecule has 1 amide bonds. The fourth-order valence-corrected chi connectivity index (χ4v) is 4.76. The maximum Gasteiger partial charge on any atom is 0.290 e. The number of halogens is 1.